The smallest absolute Gasteiger partial charge is 0.293 e. The lowest BCUT2D eigenvalue weighted by Crippen LogP contribution is -2.37. The molecule has 2 aliphatic rings. The fraction of sp³-hybridized carbons (Fsp3) is 0.321. The standard InChI is InChI=1S/C28H27FN2O4S2/c29-22-12-6-4-8-18(22)16-24-27(33)31(28(34)37-24)15-14-30-26(32)25-21(17-36-19-9-2-1-3-10-19)20-11-5-7-13-23(20)35-25/h4-8,11-13,16,19H,1-3,9-10,14-15,17H2,(H,30,32)/b24-16+. The number of carbonyl (C=O) groups excluding carboxylic acids is 3. The number of nitrogens with zero attached hydrogens (tertiary/aromatic N) is 1. The number of amides is 3. The zero-order valence-corrected chi connectivity index (χ0v) is 21.8. The van der Waals surface area contributed by atoms with Gasteiger partial charge < -0.3 is 9.73 Å². The summed E-state index contributed by atoms with van der Waals surface area (Å²) in [6.45, 7) is 0.0908. The lowest BCUT2D eigenvalue weighted by molar-refractivity contribution is -0.122. The van der Waals surface area contributed by atoms with E-state index >= 15 is 0 Å². The minimum Gasteiger partial charge on any atom is -0.451 e. The molecule has 1 aromatic heterocycles. The Kier molecular flexibility index (Phi) is 8.00. The molecule has 2 fully saturated rings. The number of para-hydroxylation sites is 1. The molecule has 0 unspecified atom stereocenters. The molecule has 3 aromatic rings. The predicted molar refractivity (Wildman–Crippen MR) is 146 cm³/mol. The van der Waals surface area contributed by atoms with Crippen LogP contribution in [0.25, 0.3) is 17.0 Å². The number of hydrogen-bond donors (Lipinski definition) is 1. The van der Waals surface area contributed by atoms with Gasteiger partial charge in [-0.25, -0.2) is 4.39 Å². The van der Waals surface area contributed by atoms with Gasteiger partial charge in [-0.1, -0.05) is 55.7 Å². The van der Waals surface area contributed by atoms with Crippen molar-refractivity contribution in [1.82, 2.24) is 10.2 Å². The summed E-state index contributed by atoms with van der Waals surface area (Å²) in [5.74, 6) is -0.373. The Hall–Kier alpha value is -3.04. The number of thioether (sulfide) groups is 2. The number of benzene rings is 2. The predicted octanol–water partition coefficient (Wildman–Crippen LogP) is 6.60. The highest BCUT2D eigenvalue weighted by atomic mass is 32.2. The second-order valence-corrected chi connectivity index (χ2v) is 11.4. The van der Waals surface area contributed by atoms with E-state index in [1.54, 1.807) is 18.2 Å². The molecule has 2 heterocycles. The molecule has 192 valence electrons. The van der Waals surface area contributed by atoms with Crippen LogP contribution in [0.2, 0.25) is 0 Å². The van der Waals surface area contributed by atoms with Crippen molar-refractivity contribution in [2.75, 3.05) is 13.1 Å². The van der Waals surface area contributed by atoms with Gasteiger partial charge in [0.2, 0.25) is 0 Å². The lowest BCUT2D eigenvalue weighted by atomic mass is 10.0. The molecule has 5 rings (SSSR count). The molecule has 6 nitrogen and oxygen atoms in total. The summed E-state index contributed by atoms with van der Waals surface area (Å²) in [6.07, 6.45) is 7.57. The van der Waals surface area contributed by atoms with Gasteiger partial charge in [-0.15, -0.1) is 0 Å². The van der Waals surface area contributed by atoms with E-state index in [0.29, 0.717) is 16.6 Å². The minimum atomic E-state index is -0.499. The largest absolute Gasteiger partial charge is 0.451 e. The zero-order valence-electron chi connectivity index (χ0n) is 20.2. The first-order valence-electron chi connectivity index (χ1n) is 12.4. The second kappa shape index (κ2) is 11.6. The van der Waals surface area contributed by atoms with E-state index in [1.165, 1.54) is 44.2 Å². The number of nitrogens with one attached hydrogen (secondary N) is 1. The molecule has 0 atom stereocenters. The molecule has 1 aliphatic carbocycles. The molecule has 37 heavy (non-hydrogen) atoms. The maximum absolute atomic E-state index is 14.0. The van der Waals surface area contributed by atoms with Crippen LogP contribution in [-0.2, 0) is 10.5 Å². The summed E-state index contributed by atoms with van der Waals surface area (Å²) in [6, 6.07) is 13.7. The van der Waals surface area contributed by atoms with Gasteiger partial charge in [0.05, 0.1) is 4.91 Å². The molecular formula is C28H27FN2O4S2. The van der Waals surface area contributed by atoms with Crippen LogP contribution in [0.1, 0.15) is 53.8 Å². The topological polar surface area (TPSA) is 79.6 Å². The monoisotopic (exact) mass is 538 g/mol. The molecule has 3 amide bonds. The molecule has 0 radical (unpaired) electrons. The number of rotatable bonds is 8. The van der Waals surface area contributed by atoms with Crippen molar-refractivity contribution in [2.24, 2.45) is 0 Å². The Bertz CT molecular complexity index is 1360. The minimum absolute atomic E-state index is 0.0113. The molecule has 2 aromatic carbocycles. The van der Waals surface area contributed by atoms with Crippen LogP contribution in [0, 0.1) is 5.82 Å². The van der Waals surface area contributed by atoms with E-state index in [-0.39, 0.29) is 35.2 Å². The van der Waals surface area contributed by atoms with Crippen LogP contribution in [0.5, 0.6) is 0 Å². The maximum atomic E-state index is 14.0. The number of halogens is 1. The van der Waals surface area contributed by atoms with E-state index in [9.17, 15) is 18.8 Å². The quantitative estimate of drug-likeness (QED) is 0.325. The van der Waals surface area contributed by atoms with Gasteiger partial charge in [-0.05, 0) is 42.8 Å². The van der Waals surface area contributed by atoms with Crippen LogP contribution in [0.4, 0.5) is 9.18 Å². The third kappa shape index (κ3) is 5.78. The van der Waals surface area contributed by atoms with E-state index in [0.717, 1.165) is 27.6 Å². The summed E-state index contributed by atoms with van der Waals surface area (Å²) < 4.78 is 19.9. The van der Waals surface area contributed by atoms with Crippen molar-refractivity contribution in [1.29, 1.82) is 0 Å². The molecule has 1 saturated heterocycles. The first kappa shape index (κ1) is 25.6. The fourth-order valence-electron chi connectivity index (χ4n) is 4.65. The average molecular weight is 539 g/mol. The normalized spacial score (nSPS) is 17.8. The van der Waals surface area contributed by atoms with Crippen molar-refractivity contribution in [3.63, 3.8) is 0 Å². The molecular weight excluding hydrogens is 511 g/mol. The average Bonchev–Trinajstić information content (AvgIpc) is 3.41. The Morgan fingerprint density at radius 3 is 2.68 bits per heavy atom. The summed E-state index contributed by atoms with van der Waals surface area (Å²) in [5.41, 5.74) is 1.78. The number of imide groups is 1. The highest BCUT2D eigenvalue weighted by Gasteiger charge is 2.35. The van der Waals surface area contributed by atoms with Crippen molar-refractivity contribution in [3.05, 3.63) is 76.1 Å². The van der Waals surface area contributed by atoms with Gasteiger partial charge in [-0.2, -0.15) is 11.8 Å². The van der Waals surface area contributed by atoms with E-state index in [1.807, 2.05) is 36.0 Å². The third-order valence-corrected chi connectivity index (χ3v) is 8.91. The van der Waals surface area contributed by atoms with Gasteiger partial charge in [0.1, 0.15) is 11.4 Å². The maximum Gasteiger partial charge on any atom is 0.293 e. The summed E-state index contributed by atoms with van der Waals surface area (Å²) in [7, 11) is 0. The Morgan fingerprint density at radius 1 is 1.11 bits per heavy atom. The number of fused-ring (bicyclic) bond motifs is 1. The van der Waals surface area contributed by atoms with Crippen LogP contribution < -0.4 is 5.32 Å². The van der Waals surface area contributed by atoms with Crippen molar-refractivity contribution < 1.29 is 23.2 Å². The van der Waals surface area contributed by atoms with Crippen LogP contribution in [-0.4, -0.2) is 40.3 Å². The third-order valence-electron chi connectivity index (χ3n) is 6.61. The highest BCUT2D eigenvalue weighted by molar-refractivity contribution is 8.18. The van der Waals surface area contributed by atoms with Crippen LogP contribution in [0.15, 0.2) is 57.9 Å². The summed E-state index contributed by atoms with van der Waals surface area (Å²) >= 11 is 2.64. The fourth-order valence-corrected chi connectivity index (χ4v) is 6.86. The van der Waals surface area contributed by atoms with Gasteiger partial charge in [0, 0.05) is 40.6 Å². The first-order chi connectivity index (χ1) is 18.0. The molecule has 9 heteroatoms. The summed E-state index contributed by atoms with van der Waals surface area (Å²) in [4.78, 5) is 39.5. The van der Waals surface area contributed by atoms with E-state index in [2.05, 4.69) is 5.32 Å². The molecule has 1 aliphatic heterocycles. The second-order valence-electron chi connectivity index (χ2n) is 9.09. The summed E-state index contributed by atoms with van der Waals surface area (Å²) in [5, 5.41) is 3.88. The van der Waals surface area contributed by atoms with Crippen molar-refractivity contribution in [2.45, 2.75) is 43.1 Å². The Labute approximate surface area is 223 Å². The highest BCUT2D eigenvalue weighted by Crippen LogP contribution is 2.35. The Morgan fingerprint density at radius 2 is 1.86 bits per heavy atom. The zero-order chi connectivity index (χ0) is 25.8. The van der Waals surface area contributed by atoms with Gasteiger partial charge in [0.25, 0.3) is 17.1 Å². The van der Waals surface area contributed by atoms with Crippen molar-refractivity contribution in [3.8, 4) is 0 Å². The molecule has 0 bridgehead atoms. The Balaban J connectivity index is 1.24. The van der Waals surface area contributed by atoms with Gasteiger partial charge in [0.15, 0.2) is 5.76 Å². The molecule has 1 N–H and O–H groups in total. The van der Waals surface area contributed by atoms with Gasteiger partial charge >= 0.3 is 0 Å². The first-order valence-corrected chi connectivity index (χ1v) is 14.3. The molecule has 0 spiro atoms. The number of furan rings is 1. The number of carbonyl (C=O) groups is 3. The van der Waals surface area contributed by atoms with Crippen LogP contribution >= 0.6 is 23.5 Å². The van der Waals surface area contributed by atoms with Crippen molar-refractivity contribution >= 4 is 57.6 Å². The number of hydrogen-bond acceptors (Lipinski definition) is 6. The van der Waals surface area contributed by atoms with E-state index in [4.69, 9.17) is 4.42 Å². The van der Waals surface area contributed by atoms with Gasteiger partial charge in [-0.3, -0.25) is 19.3 Å². The SMILES string of the molecule is O=C(NCCN1C(=O)S/C(=C/c2ccccc2F)C1=O)c1oc2ccccc2c1CSC1CCCCC1. The van der Waals surface area contributed by atoms with E-state index < -0.39 is 17.0 Å². The van der Waals surface area contributed by atoms with Crippen LogP contribution in [0.3, 0.4) is 0 Å². The lowest BCUT2D eigenvalue weighted by Gasteiger charge is -2.20. The molecule has 1 saturated carbocycles.